The van der Waals surface area contributed by atoms with Crippen LogP contribution in [0.4, 0.5) is 0 Å². The quantitative estimate of drug-likeness (QED) is 0.425. The molecule has 7 nitrogen and oxygen atoms in total. The zero-order valence-corrected chi connectivity index (χ0v) is 11.9. The van der Waals surface area contributed by atoms with Crippen LogP contribution in [-0.2, 0) is 31.1 Å². The number of benzene rings is 1. The molecule has 0 atom stereocenters. The summed E-state index contributed by atoms with van der Waals surface area (Å²) >= 11 is 0. The maximum absolute atomic E-state index is 11.3. The monoisotopic (exact) mass is 313 g/mol. The van der Waals surface area contributed by atoms with Crippen LogP contribution in [0.3, 0.4) is 0 Å². The van der Waals surface area contributed by atoms with Crippen molar-refractivity contribution in [2.45, 2.75) is 6.61 Å². The lowest BCUT2D eigenvalue weighted by molar-refractivity contribution is -0.139. The number of esters is 1. The van der Waals surface area contributed by atoms with Crippen LogP contribution < -0.4 is 5.32 Å². The van der Waals surface area contributed by atoms with Crippen LogP contribution in [0.25, 0.3) is 0 Å². The van der Waals surface area contributed by atoms with Crippen molar-refractivity contribution in [2.75, 3.05) is 12.3 Å². The minimum absolute atomic E-state index is 0.0917. The van der Waals surface area contributed by atoms with Crippen LogP contribution >= 0.6 is 0 Å². The minimum Gasteiger partial charge on any atom is -0.458 e. The van der Waals surface area contributed by atoms with E-state index in [1.165, 1.54) is 0 Å². The third-order valence-corrected chi connectivity index (χ3v) is 2.97. The molecule has 0 heterocycles. The Bertz CT molecular complexity index is 609. The average Bonchev–Trinajstić information content (AvgIpc) is 2.42. The number of carbonyl (C=O) groups excluding carboxylic acids is 2. The highest BCUT2D eigenvalue weighted by molar-refractivity contribution is 7.85. The summed E-state index contributed by atoms with van der Waals surface area (Å²) in [5, 5.41) is 2.20. The van der Waals surface area contributed by atoms with Gasteiger partial charge in [0.2, 0.25) is 5.91 Å². The van der Waals surface area contributed by atoms with Crippen molar-refractivity contribution < 1.29 is 27.3 Å². The smallest absolute Gasteiger partial charge is 0.331 e. The number of nitrogens with one attached hydrogen (secondary N) is 1. The first kappa shape index (κ1) is 16.9. The molecule has 0 spiro atoms. The highest BCUT2D eigenvalue weighted by Crippen LogP contribution is 2.00. The number of hydrogen-bond acceptors (Lipinski definition) is 5. The molecule has 0 saturated carbocycles. The van der Waals surface area contributed by atoms with Gasteiger partial charge in [-0.25, -0.2) is 4.79 Å². The van der Waals surface area contributed by atoms with Crippen LogP contribution in [0.15, 0.2) is 42.5 Å². The maximum Gasteiger partial charge on any atom is 0.331 e. The molecule has 8 heteroatoms. The molecule has 0 saturated heterocycles. The summed E-state index contributed by atoms with van der Waals surface area (Å²) in [6.45, 7) is -0.157. The van der Waals surface area contributed by atoms with Gasteiger partial charge < -0.3 is 10.1 Å². The SMILES string of the molecule is O=C(C=CC(=O)OCc1ccccc1)NCCS(=O)(=O)O. The Balaban J connectivity index is 2.28. The van der Waals surface area contributed by atoms with Gasteiger partial charge >= 0.3 is 5.97 Å². The van der Waals surface area contributed by atoms with Gasteiger partial charge in [0, 0.05) is 18.7 Å². The molecule has 114 valence electrons. The molecule has 0 radical (unpaired) electrons. The molecule has 0 unspecified atom stereocenters. The van der Waals surface area contributed by atoms with Gasteiger partial charge in [-0.05, 0) is 5.56 Å². The second kappa shape index (κ2) is 8.18. The van der Waals surface area contributed by atoms with E-state index in [0.717, 1.165) is 17.7 Å². The second-order valence-electron chi connectivity index (χ2n) is 4.00. The number of amides is 1. The molecule has 1 amide bonds. The molecule has 1 aromatic carbocycles. The highest BCUT2D eigenvalue weighted by Gasteiger charge is 2.05. The standard InChI is InChI=1S/C13H15NO6S/c15-12(14-8-9-21(17,18)19)6-7-13(16)20-10-11-4-2-1-3-5-11/h1-7H,8-10H2,(H,14,15)(H,17,18,19). The number of ether oxygens (including phenoxy) is 1. The van der Waals surface area contributed by atoms with Gasteiger partial charge in [0.05, 0.1) is 5.75 Å². The van der Waals surface area contributed by atoms with Crippen molar-refractivity contribution in [1.29, 1.82) is 0 Å². The summed E-state index contributed by atoms with van der Waals surface area (Å²) < 4.78 is 34.2. The maximum atomic E-state index is 11.3. The number of carbonyl (C=O) groups is 2. The van der Waals surface area contributed by atoms with E-state index in [1.54, 1.807) is 12.1 Å². The Kier molecular flexibility index (Phi) is 6.57. The summed E-state index contributed by atoms with van der Waals surface area (Å²) in [6.07, 6.45) is 1.86. The van der Waals surface area contributed by atoms with E-state index in [0.29, 0.717) is 0 Å². The van der Waals surface area contributed by atoms with Crippen molar-refractivity contribution in [3.05, 3.63) is 48.0 Å². The highest BCUT2D eigenvalue weighted by atomic mass is 32.2. The van der Waals surface area contributed by atoms with Crippen molar-refractivity contribution >= 4 is 22.0 Å². The molecule has 0 bridgehead atoms. The molecule has 2 N–H and O–H groups in total. The van der Waals surface area contributed by atoms with Crippen LogP contribution in [0, 0.1) is 0 Å². The Morgan fingerprint density at radius 2 is 1.86 bits per heavy atom. The normalized spacial score (nSPS) is 11.3. The van der Waals surface area contributed by atoms with Crippen molar-refractivity contribution in [3.63, 3.8) is 0 Å². The van der Waals surface area contributed by atoms with Gasteiger partial charge in [-0.3, -0.25) is 9.35 Å². The average molecular weight is 313 g/mol. The first-order valence-electron chi connectivity index (χ1n) is 5.98. The van der Waals surface area contributed by atoms with E-state index in [4.69, 9.17) is 9.29 Å². The van der Waals surface area contributed by atoms with Gasteiger partial charge in [-0.1, -0.05) is 30.3 Å². The van der Waals surface area contributed by atoms with Crippen molar-refractivity contribution in [2.24, 2.45) is 0 Å². The van der Waals surface area contributed by atoms with Crippen LogP contribution in [0.5, 0.6) is 0 Å². The Morgan fingerprint density at radius 1 is 1.19 bits per heavy atom. The lowest BCUT2D eigenvalue weighted by Crippen LogP contribution is -2.27. The van der Waals surface area contributed by atoms with E-state index in [-0.39, 0.29) is 13.2 Å². The van der Waals surface area contributed by atoms with Gasteiger partial charge in [0.25, 0.3) is 10.1 Å². The fourth-order valence-corrected chi connectivity index (χ4v) is 1.64. The minimum atomic E-state index is -4.12. The van der Waals surface area contributed by atoms with Gasteiger partial charge in [0.15, 0.2) is 0 Å². The molecule has 0 aliphatic heterocycles. The third kappa shape index (κ3) is 8.56. The third-order valence-electron chi connectivity index (χ3n) is 2.25. The molecule has 1 rings (SSSR count). The molecule has 0 aliphatic rings. The first-order valence-corrected chi connectivity index (χ1v) is 7.59. The summed E-state index contributed by atoms with van der Waals surface area (Å²) in [5.41, 5.74) is 0.817. The zero-order valence-electron chi connectivity index (χ0n) is 11.1. The van der Waals surface area contributed by atoms with E-state index >= 15 is 0 Å². The van der Waals surface area contributed by atoms with E-state index in [2.05, 4.69) is 5.32 Å². The molecule has 0 fully saturated rings. The van der Waals surface area contributed by atoms with E-state index in [1.807, 2.05) is 18.2 Å². The van der Waals surface area contributed by atoms with Gasteiger partial charge in [-0.2, -0.15) is 8.42 Å². The molecular weight excluding hydrogens is 298 g/mol. The fourth-order valence-electron chi connectivity index (χ4n) is 1.28. The molecule has 0 aliphatic carbocycles. The molecular formula is C13H15NO6S. The zero-order chi connectivity index (χ0) is 15.7. The van der Waals surface area contributed by atoms with Gasteiger partial charge in [0.1, 0.15) is 6.61 Å². The van der Waals surface area contributed by atoms with Crippen molar-refractivity contribution in [3.8, 4) is 0 Å². The second-order valence-corrected chi connectivity index (χ2v) is 5.58. The van der Waals surface area contributed by atoms with Crippen LogP contribution in [0.2, 0.25) is 0 Å². The molecule has 1 aromatic rings. The van der Waals surface area contributed by atoms with E-state index < -0.39 is 27.7 Å². The molecule has 21 heavy (non-hydrogen) atoms. The largest absolute Gasteiger partial charge is 0.458 e. The van der Waals surface area contributed by atoms with Gasteiger partial charge in [-0.15, -0.1) is 0 Å². The summed E-state index contributed by atoms with van der Waals surface area (Å²) in [6, 6.07) is 9.03. The lowest BCUT2D eigenvalue weighted by Gasteiger charge is -2.02. The molecule has 0 aromatic heterocycles. The Labute approximate surface area is 122 Å². The predicted molar refractivity (Wildman–Crippen MR) is 74.8 cm³/mol. The Morgan fingerprint density at radius 3 is 2.48 bits per heavy atom. The summed E-state index contributed by atoms with van der Waals surface area (Å²) in [4.78, 5) is 22.6. The van der Waals surface area contributed by atoms with E-state index in [9.17, 15) is 18.0 Å². The number of hydrogen-bond donors (Lipinski definition) is 2. The lowest BCUT2D eigenvalue weighted by atomic mass is 10.2. The topological polar surface area (TPSA) is 110 Å². The van der Waals surface area contributed by atoms with Crippen LogP contribution in [-0.4, -0.2) is 37.1 Å². The summed E-state index contributed by atoms with van der Waals surface area (Å²) in [7, 11) is -4.12. The fraction of sp³-hybridized carbons (Fsp3) is 0.231. The van der Waals surface area contributed by atoms with Crippen LogP contribution in [0.1, 0.15) is 5.56 Å². The summed E-state index contributed by atoms with van der Waals surface area (Å²) in [5.74, 6) is -1.94. The Hall–Kier alpha value is -2.19. The number of rotatable bonds is 7. The predicted octanol–water partition coefficient (Wildman–Crippen LogP) is 0.290. The first-order chi connectivity index (χ1) is 9.87. The van der Waals surface area contributed by atoms with Crippen molar-refractivity contribution in [1.82, 2.24) is 5.32 Å².